The first-order valence-corrected chi connectivity index (χ1v) is 4.57. The lowest BCUT2D eigenvalue weighted by Crippen LogP contribution is -2.42. The Bertz CT molecular complexity index is 211. The molecule has 1 saturated carbocycles. The van der Waals surface area contributed by atoms with E-state index in [1.54, 1.807) is 11.3 Å². The van der Waals surface area contributed by atoms with Gasteiger partial charge in [-0.15, -0.1) is 0 Å². The van der Waals surface area contributed by atoms with E-state index in [0.29, 0.717) is 0 Å². The number of nitrogens with two attached hydrogens (primary N) is 1. The number of rotatable bonds is 1. The first kappa shape index (κ1) is 6.38. The minimum absolute atomic E-state index is 0.0556. The Morgan fingerprint density at radius 1 is 1.50 bits per heavy atom. The molecule has 0 unspecified atom stereocenters. The Morgan fingerprint density at radius 2 is 2.30 bits per heavy atom. The minimum atomic E-state index is 0.0556. The van der Waals surface area contributed by atoms with E-state index in [9.17, 15) is 0 Å². The van der Waals surface area contributed by atoms with E-state index in [1.165, 1.54) is 24.8 Å². The lowest BCUT2D eigenvalue weighted by atomic mass is 9.74. The highest BCUT2D eigenvalue weighted by atomic mass is 32.1. The van der Waals surface area contributed by atoms with Gasteiger partial charge in [0.1, 0.15) is 0 Å². The third-order valence-electron chi connectivity index (χ3n) is 2.34. The van der Waals surface area contributed by atoms with Crippen molar-refractivity contribution in [1.82, 2.24) is 0 Å². The summed E-state index contributed by atoms with van der Waals surface area (Å²) in [6.45, 7) is 0. The number of thiophene rings is 1. The molecule has 0 radical (unpaired) electrons. The largest absolute Gasteiger partial charge is 0.321 e. The molecular formula is C8H11NS. The molecule has 0 aliphatic heterocycles. The molecule has 10 heavy (non-hydrogen) atoms. The molecule has 0 bridgehead atoms. The number of hydrogen-bond donors (Lipinski definition) is 1. The predicted molar refractivity (Wildman–Crippen MR) is 44.0 cm³/mol. The van der Waals surface area contributed by atoms with Crippen molar-refractivity contribution in [3.63, 3.8) is 0 Å². The van der Waals surface area contributed by atoms with E-state index in [2.05, 4.69) is 16.8 Å². The van der Waals surface area contributed by atoms with Crippen molar-refractivity contribution in [2.75, 3.05) is 0 Å². The smallest absolute Gasteiger partial charge is 0.0417 e. The molecule has 2 N–H and O–H groups in total. The van der Waals surface area contributed by atoms with Gasteiger partial charge >= 0.3 is 0 Å². The van der Waals surface area contributed by atoms with Gasteiger partial charge in [0.15, 0.2) is 0 Å². The van der Waals surface area contributed by atoms with Gasteiger partial charge in [0, 0.05) is 5.54 Å². The van der Waals surface area contributed by atoms with Crippen molar-refractivity contribution >= 4 is 11.3 Å². The minimum Gasteiger partial charge on any atom is -0.321 e. The van der Waals surface area contributed by atoms with Gasteiger partial charge in [-0.1, -0.05) is 0 Å². The summed E-state index contributed by atoms with van der Waals surface area (Å²) in [6, 6.07) is 2.14. The van der Waals surface area contributed by atoms with Crippen molar-refractivity contribution < 1.29 is 0 Å². The second-order valence-corrected chi connectivity index (χ2v) is 3.80. The summed E-state index contributed by atoms with van der Waals surface area (Å²) in [5.41, 5.74) is 7.47. The zero-order valence-electron chi connectivity index (χ0n) is 5.84. The molecule has 0 saturated heterocycles. The molecule has 1 nitrogen and oxygen atoms in total. The fraction of sp³-hybridized carbons (Fsp3) is 0.500. The Balaban J connectivity index is 2.27. The number of hydrogen-bond acceptors (Lipinski definition) is 2. The SMILES string of the molecule is NC1(c2ccsc2)CCC1. The average Bonchev–Trinajstić information content (AvgIpc) is 2.33. The highest BCUT2D eigenvalue weighted by molar-refractivity contribution is 7.08. The summed E-state index contributed by atoms with van der Waals surface area (Å²) in [4.78, 5) is 0. The first-order chi connectivity index (χ1) is 4.81. The van der Waals surface area contributed by atoms with Gasteiger partial charge in [-0.3, -0.25) is 0 Å². The lowest BCUT2D eigenvalue weighted by molar-refractivity contribution is 0.254. The molecule has 1 aliphatic carbocycles. The van der Waals surface area contributed by atoms with Gasteiger partial charge in [0.2, 0.25) is 0 Å². The second-order valence-electron chi connectivity index (χ2n) is 3.02. The molecule has 1 aromatic heterocycles. The van der Waals surface area contributed by atoms with E-state index < -0.39 is 0 Å². The van der Waals surface area contributed by atoms with Gasteiger partial charge in [-0.05, 0) is 41.7 Å². The summed E-state index contributed by atoms with van der Waals surface area (Å²) in [5, 5.41) is 4.27. The maximum atomic E-state index is 6.08. The lowest BCUT2D eigenvalue weighted by Gasteiger charge is -2.37. The highest BCUT2D eigenvalue weighted by Gasteiger charge is 2.34. The molecule has 1 fully saturated rings. The predicted octanol–water partition coefficient (Wildman–Crippen LogP) is 2.09. The maximum Gasteiger partial charge on any atom is 0.0417 e. The van der Waals surface area contributed by atoms with Crippen LogP contribution in [-0.2, 0) is 5.54 Å². The van der Waals surface area contributed by atoms with E-state index in [0.717, 1.165) is 0 Å². The fourth-order valence-electron chi connectivity index (χ4n) is 1.39. The highest BCUT2D eigenvalue weighted by Crippen LogP contribution is 2.39. The van der Waals surface area contributed by atoms with Crippen LogP contribution in [0.4, 0.5) is 0 Å². The van der Waals surface area contributed by atoms with Crippen LogP contribution in [0.25, 0.3) is 0 Å². The van der Waals surface area contributed by atoms with Crippen molar-refractivity contribution in [3.8, 4) is 0 Å². The van der Waals surface area contributed by atoms with Crippen LogP contribution in [0.1, 0.15) is 24.8 Å². The molecule has 1 aromatic rings. The monoisotopic (exact) mass is 153 g/mol. The zero-order valence-corrected chi connectivity index (χ0v) is 6.66. The van der Waals surface area contributed by atoms with Crippen LogP contribution in [-0.4, -0.2) is 0 Å². The normalized spacial score (nSPS) is 22.1. The molecule has 0 aromatic carbocycles. The Morgan fingerprint density at radius 3 is 2.70 bits per heavy atom. The maximum absolute atomic E-state index is 6.08. The van der Waals surface area contributed by atoms with Crippen molar-refractivity contribution in [2.24, 2.45) is 5.73 Å². The summed E-state index contributed by atoms with van der Waals surface area (Å²) in [5.74, 6) is 0. The molecule has 2 heteroatoms. The van der Waals surface area contributed by atoms with E-state index >= 15 is 0 Å². The standard InChI is InChI=1S/C8H11NS/c9-8(3-1-4-8)7-2-5-10-6-7/h2,5-6H,1,3-4,9H2. The van der Waals surface area contributed by atoms with Gasteiger partial charge in [0.05, 0.1) is 0 Å². The van der Waals surface area contributed by atoms with Gasteiger partial charge < -0.3 is 5.73 Å². The van der Waals surface area contributed by atoms with Crippen LogP contribution >= 0.6 is 11.3 Å². The Kier molecular flexibility index (Phi) is 1.32. The fourth-order valence-corrected chi connectivity index (χ4v) is 2.16. The van der Waals surface area contributed by atoms with Gasteiger partial charge in [-0.2, -0.15) is 11.3 Å². The molecule has 0 spiro atoms. The molecular weight excluding hydrogens is 142 g/mol. The van der Waals surface area contributed by atoms with Crippen LogP contribution in [0.3, 0.4) is 0 Å². The zero-order chi connectivity index (χ0) is 7.03. The van der Waals surface area contributed by atoms with E-state index in [4.69, 9.17) is 5.73 Å². The molecule has 1 aliphatic rings. The summed E-state index contributed by atoms with van der Waals surface area (Å²) >= 11 is 1.74. The van der Waals surface area contributed by atoms with Gasteiger partial charge in [0.25, 0.3) is 0 Å². The summed E-state index contributed by atoms with van der Waals surface area (Å²) in [6.07, 6.45) is 3.64. The topological polar surface area (TPSA) is 26.0 Å². The quantitative estimate of drug-likeness (QED) is 0.657. The first-order valence-electron chi connectivity index (χ1n) is 3.63. The average molecular weight is 153 g/mol. The second kappa shape index (κ2) is 2.07. The van der Waals surface area contributed by atoms with Crippen molar-refractivity contribution in [2.45, 2.75) is 24.8 Å². The van der Waals surface area contributed by atoms with Crippen LogP contribution in [0.2, 0.25) is 0 Å². The van der Waals surface area contributed by atoms with Gasteiger partial charge in [-0.25, -0.2) is 0 Å². The molecule has 2 rings (SSSR count). The molecule has 0 atom stereocenters. The Hall–Kier alpha value is -0.340. The van der Waals surface area contributed by atoms with E-state index in [1.807, 2.05) is 0 Å². The third kappa shape index (κ3) is 0.796. The molecule has 0 amide bonds. The van der Waals surface area contributed by atoms with Crippen molar-refractivity contribution in [3.05, 3.63) is 22.4 Å². The van der Waals surface area contributed by atoms with Crippen LogP contribution in [0.15, 0.2) is 16.8 Å². The summed E-state index contributed by atoms with van der Waals surface area (Å²) in [7, 11) is 0. The Labute approximate surface area is 64.9 Å². The van der Waals surface area contributed by atoms with E-state index in [-0.39, 0.29) is 5.54 Å². The van der Waals surface area contributed by atoms with Crippen LogP contribution in [0.5, 0.6) is 0 Å². The van der Waals surface area contributed by atoms with Crippen LogP contribution < -0.4 is 5.73 Å². The molecule has 54 valence electrons. The third-order valence-corrected chi connectivity index (χ3v) is 3.03. The summed E-state index contributed by atoms with van der Waals surface area (Å²) < 4.78 is 0. The molecule has 1 heterocycles. The van der Waals surface area contributed by atoms with Crippen LogP contribution in [0, 0.1) is 0 Å². The van der Waals surface area contributed by atoms with Crippen molar-refractivity contribution in [1.29, 1.82) is 0 Å².